The second kappa shape index (κ2) is 9.07. The van der Waals surface area contributed by atoms with Crippen molar-refractivity contribution in [3.63, 3.8) is 0 Å². The summed E-state index contributed by atoms with van der Waals surface area (Å²) in [6, 6.07) is 14.1. The van der Waals surface area contributed by atoms with E-state index in [1.165, 1.54) is 20.4 Å². The topological polar surface area (TPSA) is 122 Å². The molecule has 0 saturated carbocycles. The Morgan fingerprint density at radius 3 is 2.42 bits per heavy atom. The molecular formula is C18H20N4O4. The predicted molar refractivity (Wildman–Crippen MR) is 98.2 cm³/mol. The number of methoxy groups -OCH3 is 2. The number of hydrogen-bond acceptors (Lipinski definition) is 6. The molecule has 0 aromatic heterocycles. The number of nitrogens with two attached hydrogens (primary N) is 2. The van der Waals surface area contributed by atoms with Crippen molar-refractivity contribution in [2.24, 2.45) is 21.7 Å². The molecule has 8 heteroatoms. The second-order valence-electron chi connectivity index (χ2n) is 5.11. The minimum Gasteiger partial charge on any atom is -0.493 e. The second-order valence-corrected chi connectivity index (χ2v) is 5.11. The quantitative estimate of drug-likeness (QED) is 0.336. The van der Waals surface area contributed by atoms with Gasteiger partial charge < -0.3 is 25.7 Å². The highest BCUT2D eigenvalue weighted by atomic mass is 16.6. The summed E-state index contributed by atoms with van der Waals surface area (Å²) in [4.78, 5) is 12.2. The zero-order valence-electron chi connectivity index (χ0n) is 14.5. The van der Waals surface area contributed by atoms with Crippen LogP contribution < -0.4 is 20.9 Å². The summed E-state index contributed by atoms with van der Waals surface area (Å²) in [6.07, 6.45) is 0.502. The predicted octanol–water partition coefficient (Wildman–Crippen LogP) is 1.60. The molecule has 0 amide bonds. The van der Waals surface area contributed by atoms with Crippen LogP contribution in [0.5, 0.6) is 11.5 Å². The summed E-state index contributed by atoms with van der Waals surface area (Å²) in [7, 11) is 2.81. The molecule has 1 unspecified atom stereocenters. The summed E-state index contributed by atoms with van der Waals surface area (Å²) in [5.41, 5.74) is 11.8. The molecule has 136 valence electrons. The lowest BCUT2D eigenvalue weighted by atomic mass is 10.1. The normalized spacial score (nSPS) is 11.6. The van der Waals surface area contributed by atoms with E-state index in [9.17, 15) is 4.79 Å². The van der Waals surface area contributed by atoms with Crippen molar-refractivity contribution < 1.29 is 19.0 Å². The summed E-state index contributed by atoms with van der Waals surface area (Å²) in [5, 5.41) is 7.29. The molecule has 0 aliphatic heterocycles. The monoisotopic (exact) mass is 356 g/mol. The smallest absolute Gasteiger partial charge is 0.351 e. The van der Waals surface area contributed by atoms with Gasteiger partial charge in [-0.25, -0.2) is 4.79 Å². The third-order valence-electron chi connectivity index (χ3n) is 3.33. The Bertz CT molecular complexity index is 802. The number of nitrogens with zero attached hydrogens (tertiary/aromatic N) is 2. The number of benzene rings is 2. The Balaban J connectivity index is 2.36. The van der Waals surface area contributed by atoms with Crippen molar-refractivity contribution >= 4 is 18.1 Å². The number of carbonyl (C=O) groups is 1. The van der Waals surface area contributed by atoms with Gasteiger partial charge in [0.2, 0.25) is 12.1 Å². The van der Waals surface area contributed by atoms with Gasteiger partial charge in [0.15, 0.2) is 11.5 Å². The maximum absolute atomic E-state index is 12.2. The number of rotatable bonds is 7. The fraction of sp³-hybridized carbons (Fsp3) is 0.167. The minimum atomic E-state index is -0.944. The lowest BCUT2D eigenvalue weighted by molar-refractivity contribution is -0.149. The van der Waals surface area contributed by atoms with Crippen LogP contribution >= 0.6 is 0 Å². The van der Waals surface area contributed by atoms with Crippen LogP contribution in [-0.4, -0.2) is 32.4 Å². The van der Waals surface area contributed by atoms with Crippen LogP contribution in [0.3, 0.4) is 0 Å². The SMILES string of the molecule is COC(=O)C(Oc1cc(C=NN=C(N)N)ccc1OC)c1ccccc1. The number of esters is 1. The summed E-state index contributed by atoms with van der Waals surface area (Å²) in [6.45, 7) is 0. The molecule has 0 fully saturated rings. The Labute approximate surface area is 151 Å². The third-order valence-corrected chi connectivity index (χ3v) is 3.33. The van der Waals surface area contributed by atoms with Crippen molar-refractivity contribution in [1.82, 2.24) is 0 Å². The molecule has 0 spiro atoms. The average molecular weight is 356 g/mol. The molecule has 4 N–H and O–H groups in total. The van der Waals surface area contributed by atoms with Crippen LogP contribution in [0.15, 0.2) is 58.7 Å². The first-order valence-electron chi connectivity index (χ1n) is 7.64. The maximum Gasteiger partial charge on any atom is 0.351 e. The largest absolute Gasteiger partial charge is 0.493 e. The lowest BCUT2D eigenvalue weighted by Gasteiger charge is -2.19. The molecule has 1 atom stereocenters. The molecule has 0 saturated heterocycles. The molecular weight excluding hydrogens is 336 g/mol. The number of hydrogen-bond donors (Lipinski definition) is 2. The average Bonchev–Trinajstić information content (AvgIpc) is 2.66. The van der Waals surface area contributed by atoms with E-state index in [2.05, 4.69) is 10.2 Å². The molecule has 2 aromatic carbocycles. The van der Waals surface area contributed by atoms with E-state index in [1.54, 1.807) is 30.3 Å². The maximum atomic E-state index is 12.2. The molecule has 2 rings (SSSR count). The highest BCUT2D eigenvalue weighted by Crippen LogP contribution is 2.32. The highest BCUT2D eigenvalue weighted by Gasteiger charge is 2.24. The van der Waals surface area contributed by atoms with Gasteiger partial charge in [-0.3, -0.25) is 0 Å². The Kier molecular flexibility index (Phi) is 6.55. The van der Waals surface area contributed by atoms with Gasteiger partial charge in [0, 0.05) is 5.56 Å². The van der Waals surface area contributed by atoms with Crippen LogP contribution in [0.2, 0.25) is 0 Å². The van der Waals surface area contributed by atoms with Crippen LogP contribution in [0.25, 0.3) is 0 Å². The van der Waals surface area contributed by atoms with Gasteiger partial charge in [0.1, 0.15) is 0 Å². The fourth-order valence-corrected chi connectivity index (χ4v) is 2.14. The number of carbonyl (C=O) groups excluding carboxylic acids is 1. The molecule has 2 aromatic rings. The minimum absolute atomic E-state index is 0.152. The summed E-state index contributed by atoms with van der Waals surface area (Å²) < 4.78 is 16.1. The first-order valence-corrected chi connectivity index (χ1v) is 7.64. The molecule has 0 aliphatic carbocycles. The summed E-state index contributed by atoms with van der Waals surface area (Å²) in [5.74, 6) is 0.119. The van der Waals surface area contributed by atoms with Crippen LogP contribution in [0.1, 0.15) is 17.2 Å². The van der Waals surface area contributed by atoms with Crippen LogP contribution in [0, 0.1) is 0 Å². The van der Waals surface area contributed by atoms with E-state index in [-0.39, 0.29) is 5.96 Å². The molecule has 0 bridgehead atoms. The van der Waals surface area contributed by atoms with Crippen molar-refractivity contribution in [3.05, 3.63) is 59.7 Å². The Morgan fingerprint density at radius 2 is 1.81 bits per heavy atom. The lowest BCUT2D eigenvalue weighted by Crippen LogP contribution is -2.21. The zero-order valence-corrected chi connectivity index (χ0v) is 14.5. The number of ether oxygens (including phenoxy) is 3. The first kappa shape index (κ1) is 18.8. The van der Waals surface area contributed by atoms with Gasteiger partial charge in [0.05, 0.1) is 20.4 Å². The zero-order chi connectivity index (χ0) is 18.9. The van der Waals surface area contributed by atoms with Gasteiger partial charge in [-0.2, -0.15) is 5.10 Å². The van der Waals surface area contributed by atoms with E-state index in [1.807, 2.05) is 18.2 Å². The van der Waals surface area contributed by atoms with Crippen LogP contribution in [-0.2, 0) is 9.53 Å². The van der Waals surface area contributed by atoms with Crippen LogP contribution in [0.4, 0.5) is 0 Å². The fourth-order valence-electron chi connectivity index (χ4n) is 2.14. The molecule has 0 radical (unpaired) electrons. The van der Waals surface area contributed by atoms with Gasteiger partial charge in [-0.15, -0.1) is 5.10 Å². The standard InChI is InChI=1S/C18H20N4O4/c1-24-14-9-8-12(11-21-22-18(19)20)10-15(14)26-16(17(23)25-2)13-6-4-3-5-7-13/h3-11,16H,1-2H3,(H4,19,20,22). The van der Waals surface area contributed by atoms with Gasteiger partial charge >= 0.3 is 5.97 Å². The molecule has 0 aliphatic rings. The molecule has 0 heterocycles. The van der Waals surface area contributed by atoms with Crippen molar-refractivity contribution in [1.29, 1.82) is 0 Å². The number of guanidine groups is 1. The van der Waals surface area contributed by atoms with Crippen molar-refractivity contribution in [2.75, 3.05) is 14.2 Å². The van der Waals surface area contributed by atoms with Gasteiger partial charge in [-0.05, 0) is 23.8 Å². The van der Waals surface area contributed by atoms with E-state index >= 15 is 0 Å². The van der Waals surface area contributed by atoms with E-state index < -0.39 is 12.1 Å². The van der Waals surface area contributed by atoms with E-state index in [4.69, 9.17) is 25.7 Å². The van der Waals surface area contributed by atoms with Crippen molar-refractivity contribution in [3.8, 4) is 11.5 Å². The Hall–Kier alpha value is -3.55. The van der Waals surface area contributed by atoms with E-state index in [0.29, 0.717) is 22.6 Å². The van der Waals surface area contributed by atoms with Gasteiger partial charge in [-0.1, -0.05) is 30.3 Å². The molecule has 26 heavy (non-hydrogen) atoms. The summed E-state index contributed by atoms with van der Waals surface area (Å²) >= 11 is 0. The Morgan fingerprint density at radius 1 is 1.08 bits per heavy atom. The molecule has 8 nitrogen and oxygen atoms in total. The van der Waals surface area contributed by atoms with Crippen molar-refractivity contribution in [2.45, 2.75) is 6.10 Å². The third kappa shape index (κ3) is 4.97. The van der Waals surface area contributed by atoms with E-state index in [0.717, 1.165) is 0 Å². The first-order chi connectivity index (χ1) is 12.5. The highest BCUT2D eigenvalue weighted by molar-refractivity contribution is 5.83. The van der Waals surface area contributed by atoms with Gasteiger partial charge in [0.25, 0.3) is 0 Å².